The molecule has 0 spiro atoms. The Labute approximate surface area is 209 Å². The first-order valence-electron chi connectivity index (χ1n) is 9.89. The number of thiophene rings is 1. The Balaban J connectivity index is 1.51. The van der Waals surface area contributed by atoms with Crippen LogP contribution in [0.15, 0.2) is 48.7 Å². The number of amides is 2. The van der Waals surface area contributed by atoms with Crippen molar-refractivity contribution in [2.75, 3.05) is 18.6 Å². The fourth-order valence-electron chi connectivity index (χ4n) is 3.45. The van der Waals surface area contributed by atoms with Gasteiger partial charge in [0.1, 0.15) is 24.2 Å². The van der Waals surface area contributed by atoms with Crippen LogP contribution in [0.4, 0.5) is 0 Å². The highest BCUT2D eigenvalue weighted by Gasteiger charge is 2.54. The lowest BCUT2D eigenvalue weighted by Gasteiger charge is -2.49. The Morgan fingerprint density at radius 2 is 2.17 bits per heavy atom. The van der Waals surface area contributed by atoms with Crippen LogP contribution in [-0.4, -0.2) is 78.3 Å². The number of aromatic nitrogens is 3. The van der Waals surface area contributed by atoms with E-state index in [4.69, 9.17) is 4.84 Å². The number of aryl methyl sites for hydroxylation is 1. The highest BCUT2D eigenvalue weighted by atomic mass is 32.2. The number of carboxylic acids is 1. The van der Waals surface area contributed by atoms with E-state index in [1.165, 1.54) is 41.9 Å². The first-order chi connectivity index (χ1) is 16.7. The van der Waals surface area contributed by atoms with Crippen molar-refractivity contribution in [3.8, 4) is 0 Å². The fraction of sp³-hybridized carbons (Fsp3) is 0.316. The lowest BCUT2D eigenvalue weighted by atomic mass is 10.0. The van der Waals surface area contributed by atoms with Crippen LogP contribution in [0, 0.1) is 0 Å². The van der Waals surface area contributed by atoms with Crippen LogP contribution < -0.4 is 16.4 Å². The van der Waals surface area contributed by atoms with Crippen LogP contribution in [0.3, 0.4) is 0 Å². The Morgan fingerprint density at radius 1 is 1.40 bits per heavy atom. The van der Waals surface area contributed by atoms with Crippen LogP contribution in [0.2, 0.25) is 0 Å². The number of fused-ring (bicyclic) bond motifs is 1. The maximum atomic E-state index is 12.9. The number of H-pyrrole nitrogens is 1. The number of hydrogen-bond acceptors (Lipinski definition) is 11. The van der Waals surface area contributed by atoms with Crippen molar-refractivity contribution >= 4 is 58.4 Å². The molecule has 35 heavy (non-hydrogen) atoms. The minimum absolute atomic E-state index is 0.0136. The van der Waals surface area contributed by atoms with E-state index in [1.807, 2.05) is 0 Å². The van der Waals surface area contributed by atoms with E-state index in [2.05, 4.69) is 20.6 Å². The second kappa shape index (κ2) is 10.1. The van der Waals surface area contributed by atoms with E-state index in [0.717, 1.165) is 16.7 Å². The van der Waals surface area contributed by atoms with Crippen LogP contribution in [-0.2, 0) is 26.3 Å². The van der Waals surface area contributed by atoms with Gasteiger partial charge in [-0.15, -0.1) is 23.1 Å². The molecule has 2 aromatic rings. The number of nitrogens with one attached hydrogen (secondary N) is 2. The average molecular weight is 539 g/mol. The third-order valence-corrected chi connectivity index (χ3v) is 8.34. The summed E-state index contributed by atoms with van der Waals surface area (Å²) in [5.41, 5.74) is -1.53. The Morgan fingerprint density at radius 3 is 2.83 bits per heavy atom. The highest BCUT2D eigenvalue weighted by Crippen LogP contribution is 2.41. The normalized spacial score (nSPS) is 19.8. The molecule has 0 aliphatic carbocycles. The van der Waals surface area contributed by atoms with Crippen molar-refractivity contribution < 1.29 is 24.3 Å². The zero-order chi connectivity index (χ0) is 25.3. The van der Waals surface area contributed by atoms with Gasteiger partial charge in [0.25, 0.3) is 11.8 Å². The maximum absolute atomic E-state index is 12.9. The van der Waals surface area contributed by atoms with Crippen molar-refractivity contribution in [1.82, 2.24) is 25.0 Å². The third kappa shape index (κ3) is 4.76. The molecule has 2 aliphatic heterocycles. The van der Waals surface area contributed by atoms with Crippen LogP contribution in [0.25, 0.3) is 0 Å². The lowest BCUT2D eigenvalue weighted by Crippen LogP contribution is -2.71. The molecular weight excluding hydrogens is 520 g/mol. The molecular formula is C19H18N6O7S3. The zero-order valence-corrected chi connectivity index (χ0v) is 20.7. The number of aliphatic carboxylic acids is 1. The third-order valence-electron chi connectivity index (χ3n) is 5.01. The summed E-state index contributed by atoms with van der Waals surface area (Å²) in [5, 5.41) is 19.9. The molecule has 13 nitrogen and oxygen atoms in total. The summed E-state index contributed by atoms with van der Waals surface area (Å²) in [5.74, 6) is -2.06. The molecule has 2 aromatic heterocycles. The van der Waals surface area contributed by atoms with Gasteiger partial charge in [0.2, 0.25) is 0 Å². The number of carbonyl (C=O) groups excluding carboxylic acids is 2. The molecule has 2 aliphatic rings. The minimum Gasteiger partial charge on any atom is -0.477 e. The zero-order valence-electron chi connectivity index (χ0n) is 18.2. The van der Waals surface area contributed by atoms with Gasteiger partial charge in [-0.05, 0) is 17.0 Å². The standard InChI is InChI=1S/C19H18N6O7S3/c1-24-19(21-14(27)15(28)22-24)35-7-8-6-34-17-11(16(29)25(17)12(8)18(30)31)20-13(26)10(23-32-2)9-4-3-5-33-9/h3-5,11,17H,6-7H2,1-2H3,(H,20,26)(H,22,28)(H,30,31)/t11-,17+/m1/s1. The van der Waals surface area contributed by atoms with E-state index in [9.17, 15) is 29.1 Å². The second-order valence-corrected chi connectivity index (χ2v) is 10.2. The maximum Gasteiger partial charge on any atom is 0.352 e. The second-order valence-electron chi connectivity index (χ2n) is 7.21. The Kier molecular flexibility index (Phi) is 7.13. The van der Waals surface area contributed by atoms with Crippen molar-refractivity contribution in [3.05, 3.63) is 54.4 Å². The number of oxime groups is 1. The summed E-state index contributed by atoms with van der Waals surface area (Å²) in [6, 6.07) is 2.50. The van der Waals surface area contributed by atoms with Crippen molar-refractivity contribution in [3.63, 3.8) is 0 Å². The monoisotopic (exact) mass is 538 g/mol. The molecule has 16 heteroatoms. The van der Waals surface area contributed by atoms with Gasteiger partial charge < -0.3 is 15.3 Å². The van der Waals surface area contributed by atoms with E-state index in [1.54, 1.807) is 17.5 Å². The summed E-state index contributed by atoms with van der Waals surface area (Å²) >= 11 is 3.64. The summed E-state index contributed by atoms with van der Waals surface area (Å²) in [6.07, 6.45) is 0. The summed E-state index contributed by atoms with van der Waals surface area (Å²) in [7, 11) is 2.80. The fourth-order valence-corrected chi connectivity index (χ4v) is 6.55. The summed E-state index contributed by atoms with van der Waals surface area (Å²) in [6.45, 7) is 0. The molecule has 2 atom stereocenters. The molecule has 0 aromatic carbocycles. The van der Waals surface area contributed by atoms with E-state index in [-0.39, 0.29) is 28.1 Å². The molecule has 1 saturated heterocycles. The summed E-state index contributed by atoms with van der Waals surface area (Å²) in [4.78, 5) is 70.8. The van der Waals surface area contributed by atoms with Gasteiger partial charge in [-0.2, -0.15) is 4.98 Å². The predicted molar refractivity (Wildman–Crippen MR) is 128 cm³/mol. The van der Waals surface area contributed by atoms with Gasteiger partial charge in [0.15, 0.2) is 10.9 Å². The van der Waals surface area contributed by atoms with Crippen LogP contribution in [0.1, 0.15) is 4.88 Å². The molecule has 0 radical (unpaired) electrons. The van der Waals surface area contributed by atoms with E-state index in [0.29, 0.717) is 10.5 Å². The van der Waals surface area contributed by atoms with Gasteiger partial charge in [-0.1, -0.05) is 23.0 Å². The topological polar surface area (TPSA) is 176 Å². The quantitative estimate of drug-likeness (QED) is 0.129. The molecule has 4 rings (SSSR count). The first kappa shape index (κ1) is 24.7. The number of rotatable bonds is 8. The molecule has 4 heterocycles. The van der Waals surface area contributed by atoms with Gasteiger partial charge in [-0.25, -0.2) is 4.79 Å². The van der Waals surface area contributed by atoms with E-state index < -0.39 is 40.3 Å². The number of hydrogen-bond donors (Lipinski definition) is 3. The van der Waals surface area contributed by atoms with Gasteiger partial charge in [0, 0.05) is 18.6 Å². The number of thioether (sulfide) groups is 2. The van der Waals surface area contributed by atoms with Crippen molar-refractivity contribution in [2.45, 2.75) is 16.6 Å². The number of β-lactam (4-membered cyclic amide) rings is 1. The largest absolute Gasteiger partial charge is 0.477 e. The Hall–Kier alpha value is -3.37. The van der Waals surface area contributed by atoms with Gasteiger partial charge >= 0.3 is 17.1 Å². The smallest absolute Gasteiger partial charge is 0.352 e. The first-order valence-corrected chi connectivity index (χ1v) is 12.8. The average Bonchev–Trinajstić information content (AvgIpc) is 3.36. The highest BCUT2D eigenvalue weighted by molar-refractivity contribution is 8.01. The lowest BCUT2D eigenvalue weighted by molar-refractivity contribution is -0.150. The van der Waals surface area contributed by atoms with Crippen LogP contribution in [0.5, 0.6) is 0 Å². The number of nitrogens with zero attached hydrogens (tertiary/aromatic N) is 4. The number of carboxylic acid groups (broad SMARTS) is 1. The molecule has 0 saturated carbocycles. The molecule has 1 fully saturated rings. The van der Waals surface area contributed by atoms with Crippen molar-refractivity contribution in [1.29, 1.82) is 0 Å². The van der Waals surface area contributed by atoms with Crippen LogP contribution >= 0.6 is 34.9 Å². The molecule has 3 N–H and O–H groups in total. The van der Waals surface area contributed by atoms with E-state index >= 15 is 0 Å². The Bertz CT molecular complexity index is 1360. The minimum atomic E-state index is -1.28. The number of aromatic amines is 1. The van der Waals surface area contributed by atoms with Gasteiger partial charge in [-0.3, -0.25) is 33.9 Å². The molecule has 184 valence electrons. The summed E-state index contributed by atoms with van der Waals surface area (Å²) < 4.78 is 1.27. The molecule has 2 amide bonds. The van der Waals surface area contributed by atoms with Crippen molar-refractivity contribution in [2.24, 2.45) is 12.2 Å². The van der Waals surface area contributed by atoms with Gasteiger partial charge in [0.05, 0.1) is 4.88 Å². The SMILES string of the molecule is CON=C(C(=O)N[C@@H]1C(=O)N2C(C(=O)O)=C(CSc3nc(=O)c(=O)[nH]n3C)CS[C@@H]12)c1cccs1. The predicted octanol–water partition coefficient (Wildman–Crippen LogP) is -0.588. The number of carbonyl (C=O) groups is 3. The molecule has 0 unspecified atom stereocenters. The molecule has 0 bridgehead atoms.